The quantitative estimate of drug-likeness (QED) is 0.0840. The maximum Gasteiger partial charge on any atom is 0.408 e. The van der Waals surface area contributed by atoms with Gasteiger partial charge in [-0.25, -0.2) is 14.4 Å². The van der Waals surface area contributed by atoms with Crippen molar-refractivity contribution in [2.45, 2.75) is 51.1 Å². The Hall–Kier alpha value is -5.75. The van der Waals surface area contributed by atoms with Gasteiger partial charge in [-0.05, 0) is 29.5 Å². The third kappa shape index (κ3) is 14.3. The fraction of sp³-hybridized carbons (Fsp3) is 0.308. The van der Waals surface area contributed by atoms with E-state index in [-0.39, 0.29) is 58.1 Å². The minimum atomic E-state index is -1.46. The van der Waals surface area contributed by atoms with E-state index in [4.69, 9.17) is 14.2 Å². The van der Waals surface area contributed by atoms with Crippen molar-refractivity contribution in [3.63, 3.8) is 0 Å². The number of nitrogens with one attached hydrogen (secondary N) is 2. The third-order valence-electron chi connectivity index (χ3n) is 7.59. The van der Waals surface area contributed by atoms with Crippen LogP contribution in [0.5, 0.6) is 0 Å². The molecule has 12 heteroatoms. The van der Waals surface area contributed by atoms with Gasteiger partial charge in [0.2, 0.25) is 11.8 Å². The summed E-state index contributed by atoms with van der Waals surface area (Å²) in [5.41, 5.74) is 2.28. The van der Waals surface area contributed by atoms with Gasteiger partial charge >= 0.3 is 18.0 Å². The summed E-state index contributed by atoms with van der Waals surface area (Å²) in [7, 11) is 0. The first-order valence-electron chi connectivity index (χ1n) is 16.5. The zero-order valence-corrected chi connectivity index (χ0v) is 28.5. The summed E-state index contributed by atoms with van der Waals surface area (Å²) >= 11 is 0. The molecule has 3 rings (SSSR count). The highest BCUT2D eigenvalue weighted by Gasteiger charge is 2.31. The largest absolute Gasteiger partial charge is 0.461 e. The van der Waals surface area contributed by atoms with Gasteiger partial charge in [-0.15, -0.1) is 13.2 Å². The Balaban J connectivity index is 1.70. The molecule has 3 amide bonds. The molecule has 3 N–H and O–H groups in total. The molecule has 0 radical (unpaired) electrons. The number of alkyl carbamates (subject to hydrolysis) is 1. The maximum absolute atomic E-state index is 13.6. The SMILES string of the molecule is C=CC[C@H](CC(=O)N(CCO)Cc1ccccc1)C(=O)N[C@H](COC(=O)[C@@H](CC=C)NC(=O)OCc1ccccc1)C(=O)OCc1ccccc1. The van der Waals surface area contributed by atoms with Crippen molar-refractivity contribution in [1.82, 2.24) is 15.5 Å². The van der Waals surface area contributed by atoms with Crippen molar-refractivity contribution in [1.29, 1.82) is 0 Å². The average molecular weight is 700 g/mol. The fourth-order valence-corrected chi connectivity index (χ4v) is 4.88. The van der Waals surface area contributed by atoms with Crippen LogP contribution in [0.3, 0.4) is 0 Å². The van der Waals surface area contributed by atoms with E-state index in [1.54, 1.807) is 48.5 Å². The molecule has 0 unspecified atom stereocenters. The molecule has 0 bridgehead atoms. The third-order valence-corrected chi connectivity index (χ3v) is 7.59. The number of carbonyl (C=O) groups is 5. The van der Waals surface area contributed by atoms with E-state index < -0.39 is 48.5 Å². The lowest BCUT2D eigenvalue weighted by Gasteiger charge is -2.25. The summed E-state index contributed by atoms with van der Waals surface area (Å²) in [4.78, 5) is 67.3. The zero-order valence-electron chi connectivity index (χ0n) is 28.5. The zero-order chi connectivity index (χ0) is 36.8. The summed E-state index contributed by atoms with van der Waals surface area (Å²) in [5.74, 6) is -3.79. The Labute approximate surface area is 298 Å². The molecule has 0 aliphatic carbocycles. The number of amides is 3. The molecule has 0 aromatic heterocycles. The second-order valence-electron chi connectivity index (χ2n) is 11.5. The Bertz CT molecular complexity index is 1570. The van der Waals surface area contributed by atoms with Crippen LogP contribution in [0.25, 0.3) is 0 Å². The second-order valence-corrected chi connectivity index (χ2v) is 11.5. The fourth-order valence-electron chi connectivity index (χ4n) is 4.88. The number of allylic oxidation sites excluding steroid dienone is 1. The van der Waals surface area contributed by atoms with Crippen molar-refractivity contribution in [3.8, 4) is 0 Å². The van der Waals surface area contributed by atoms with Gasteiger partial charge in [-0.1, -0.05) is 103 Å². The number of hydrogen-bond acceptors (Lipinski definition) is 9. The standard InChI is InChI=1S/C39H45N3O9/c1-3-14-32(24-35(44)42(22-23-43)25-29-16-8-5-9-17-29)36(45)40-34(38(47)49-26-30-18-10-6-11-19-30)28-50-37(46)33(15-4-2)41-39(48)51-27-31-20-12-7-13-21-31/h3-13,16-21,32-34,43H,1-2,14-15,22-28H2,(H,40,45)(H,41,48)/t32-,33-,34-/m1/s1. The molecular weight excluding hydrogens is 654 g/mol. The number of nitrogens with zero attached hydrogens (tertiary/aromatic N) is 1. The Kier molecular flexibility index (Phi) is 17.2. The molecule has 0 heterocycles. The highest BCUT2D eigenvalue weighted by atomic mass is 16.6. The predicted octanol–water partition coefficient (Wildman–Crippen LogP) is 4.23. The number of aliphatic hydroxyl groups is 1. The lowest BCUT2D eigenvalue weighted by Crippen LogP contribution is -2.49. The number of hydrogen-bond donors (Lipinski definition) is 3. The molecule has 3 atom stereocenters. The number of esters is 2. The van der Waals surface area contributed by atoms with Crippen LogP contribution >= 0.6 is 0 Å². The Morgan fingerprint density at radius 2 is 1.22 bits per heavy atom. The van der Waals surface area contributed by atoms with Crippen LogP contribution < -0.4 is 10.6 Å². The predicted molar refractivity (Wildman–Crippen MR) is 189 cm³/mol. The van der Waals surface area contributed by atoms with Crippen molar-refractivity contribution in [2.75, 3.05) is 19.8 Å². The van der Waals surface area contributed by atoms with Gasteiger partial charge in [0.25, 0.3) is 0 Å². The normalized spacial score (nSPS) is 12.3. The molecular formula is C39H45N3O9. The molecule has 3 aromatic carbocycles. The monoisotopic (exact) mass is 699 g/mol. The van der Waals surface area contributed by atoms with E-state index in [0.717, 1.165) is 11.1 Å². The highest BCUT2D eigenvalue weighted by molar-refractivity contribution is 5.89. The summed E-state index contributed by atoms with van der Waals surface area (Å²) in [6.45, 7) is 6.57. The summed E-state index contributed by atoms with van der Waals surface area (Å²) in [6, 6.07) is 24.4. The summed E-state index contributed by atoms with van der Waals surface area (Å²) < 4.78 is 16.1. The van der Waals surface area contributed by atoms with Crippen molar-refractivity contribution in [2.24, 2.45) is 5.92 Å². The van der Waals surface area contributed by atoms with Gasteiger partial charge in [0.1, 0.15) is 25.9 Å². The van der Waals surface area contributed by atoms with Gasteiger partial charge in [-0.3, -0.25) is 9.59 Å². The van der Waals surface area contributed by atoms with Crippen molar-refractivity contribution < 1.29 is 43.3 Å². The molecule has 0 aliphatic heterocycles. The molecule has 0 saturated carbocycles. The van der Waals surface area contributed by atoms with Crippen molar-refractivity contribution in [3.05, 3.63) is 133 Å². The number of benzene rings is 3. The van der Waals surface area contributed by atoms with Crippen LogP contribution in [0.1, 0.15) is 36.0 Å². The van der Waals surface area contributed by atoms with Crippen LogP contribution in [0, 0.1) is 5.92 Å². The van der Waals surface area contributed by atoms with E-state index in [2.05, 4.69) is 23.8 Å². The molecule has 0 aliphatic rings. The number of ether oxygens (including phenoxy) is 3. The molecule has 3 aromatic rings. The van der Waals surface area contributed by atoms with Gasteiger partial charge in [-0.2, -0.15) is 0 Å². The van der Waals surface area contributed by atoms with E-state index in [1.165, 1.54) is 17.1 Å². The number of carbonyl (C=O) groups excluding carboxylic acids is 5. The molecule has 0 saturated heterocycles. The van der Waals surface area contributed by atoms with Gasteiger partial charge in [0.15, 0.2) is 6.04 Å². The Morgan fingerprint density at radius 3 is 1.76 bits per heavy atom. The lowest BCUT2D eigenvalue weighted by atomic mass is 9.98. The van der Waals surface area contributed by atoms with Crippen LogP contribution in [-0.4, -0.2) is 71.7 Å². The van der Waals surface area contributed by atoms with Crippen LogP contribution in [0.4, 0.5) is 4.79 Å². The molecule has 51 heavy (non-hydrogen) atoms. The highest BCUT2D eigenvalue weighted by Crippen LogP contribution is 2.15. The lowest BCUT2D eigenvalue weighted by molar-refractivity contribution is -0.156. The Morgan fingerprint density at radius 1 is 0.686 bits per heavy atom. The molecule has 270 valence electrons. The number of aliphatic hydroxyl groups excluding tert-OH is 1. The van der Waals surface area contributed by atoms with Crippen LogP contribution in [0.2, 0.25) is 0 Å². The van der Waals surface area contributed by atoms with Crippen LogP contribution in [0.15, 0.2) is 116 Å². The average Bonchev–Trinajstić information content (AvgIpc) is 3.15. The topological polar surface area (TPSA) is 161 Å². The summed E-state index contributed by atoms with van der Waals surface area (Å²) in [5, 5.41) is 14.6. The van der Waals surface area contributed by atoms with Gasteiger partial charge in [0.05, 0.1) is 12.5 Å². The first-order valence-corrected chi connectivity index (χ1v) is 16.5. The van der Waals surface area contributed by atoms with E-state index in [0.29, 0.717) is 5.56 Å². The smallest absolute Gasteiger partial charge is 0.408 e. The first-order chi connectivity index (χ1) is 24.7. The second kappa shape index (κ2) is 22.1. The van der Waals surface area contributed by atoms with Gasteiger partial charge < -0.3 is 34.9 Å². The molecule has 0 spiro atoms. The molecule has 0 fully saturated rings. The van der Waals surface area contributed by atoms with E-state index >= 15 is 0 Å². The maximum atomic E-state index is 13.6. The minimum Gasteiger partial charge on any atom is -0.461 e. The first kappa shape index (κ1) is 39.7. The van der Waals surface area contributed by atoms with Gasteiger partial charge in [0, 0.05) is 19.5 Å². The number of rotatable bonds is 21. The van der Waals surface area contributed by atoms with E-state index in [9.17, 15) is 29.1 Å². The van der Waals surface area contributed by atoms with E-state index in [1.807, 2.05) is 42.5 Å². The van der Waals surface area contributed by atoms with Crippen molar-refractivity contribution >= 4 is 29.8 Å². The van der Waals surface area contributed by atoms with Crippen LogP contribution in [-0.2, 0) is 53.1 Å². The summed E-state index contributed by atoms with van der Waals surface area (Å²) in [6.07, 6.45) is 1.87. The minimum absolute atomic E-state index is 0.00834. The molecule has 12 nitrogen and oxygen atoms in total.